The van der Waals surface area contributed by atoms with Gasteiger partial charge in [-0.2, -0.15) is 8.78 Å². The van der Waals surface area contributed by atoms with Crippen LogP contribution < -0.4 is 15.8 Å². The minimum atomic E-state index is -2.97. The van der Waals surface area contributed by atoms with Crippen molar-refractivity contribution in [1.82, 2.24) is 9.88 Å². The molecular weight excluding hydrogens is 414 g/mol. The van der Waals surface area contributed by atoms with Crippen molar-refractivity contribution in [1.29, 1.82) is 0 Å². The lowest BCUT2D eigenvalue weighted by Gasteiger charge is -2.12. The quantitative estimate of drug-likeness (QED) is 0.656. The summed E-state index contributed by atoms with van der Waals surface area (Å²) in [6.45, 7) is -3.26. The number of nitrogens with one attached hydrogen (secondary N) is 1. The molecule has 0 aliphatic heterocycles. The molecule has 1 heterocycles. The van der Waals surface area contributed by atoms with Crippen LogP contribution in [-0.2, 0) is 17.9 Å². The molecule has 3 rings (SSSR count). The first-order valence-electron chi connectivity index (χ1n) is 7.52. The van der Waals surface area contributed by atoms with Gasteiger partial charge >= 0.3 is 12.4 Å². The van der Waals surface area contributed by atoms with Crippen molar-refractivity contribution in [2.45, 2.75) is 19.7 Å². The summed E-state index contributed by atoms with van der Waals surface area (Å²) in [7, 11) is 0. The van der Waals surface area contributed by atoms with E-state index in [0.717, 1.165) is 0 Å². The number of aromatic nitrogens is 1. The summed E-state index contributed by atoms with van der Waals surface area (Å²) in [5.74, 6) is -1.15. The molecule has 1 N–H and O–H groups in total. The summed E-state index contributed by atoms with van der Waals surface area (Å²) in [5.41, 5.74) is 1.25. The molecule has 3 aromatic rings. The number of oxazole rings is 1. The lowest BCUT2D eigenvalue weighted by molar-refractivity contribution is -0.121. The summed E-state index contributed by atoms with van der Waals surface area (Å²) < 4.78 is 36.3. The Labute approximate surface area is 154 Å². The summed E-state index contributed by atoms with van der Waals surface area (Å²) >= 11 is 3.24. The van der Waals surface area contributed by atoms with Gasteiger partial charge in [-0.15, -0.1) is 0 Å². The number of hydrogen-bond acceptors (Lipinski definition) is 4. The van der Waals surface area contributed by atoms with Crippen LogP contribution in [0.1, 0.15) is 5.56 Å². The molecule has 0 spiro atoms. The van der Waals surface area contributed by atoms with E-state index in [2.05, 4.69) is 26.0 Å². The van der Waals surface area contributed by atoms with Crippen LogP contribution in [0.25, 0.3) is 11.1 Å². The van der Waals surface area contributed by atoms with Gasteiger partial charge in [0.2, 0.25) is 5.91 Å². The fraction of sp³-hybridized carbons (Fsp3) is 0.176. The number of amides is 1. The molecule has 0 atom stereocenters. The topological polar surface area (TPSA) is 73.5 Å². The highest BCUT2D eigenvalue weighted by Gasteiger charge is 2.14. The summed E-state index contributed by atoms with van der Waals surface area (Å²) in [6, 6.07) is 11.2. The number of hydrogen-bond donors (Lipinski definition) is 1. The van der Waals surface area contributed by atoms with Crippen molar-refractivity contribution in [3.05, 3.63) is 63.1 Å². The summed E-state index contributed by atoms with van der Waals surface area (Å²) in [5, 5.41) is 2.58. The maximum atomic E-state index is 12.5. The number of rotatable bonds is 6. The van der Waals surface area contributed by atoms with Crippen molar-refractivity contribution in [2.24, 2.45) is 0 Å². The number of nitrogens with zero attached hydrogens (tertiary/aromatic N) is 1. The van der Waals surface area contributed by atoms with Crippen LogP contribution in [0, 0.1) is 0 Å². The molecule has 0 aliphatic carbocycles. The van der Waals surface area contributed by atoms with Gasteiger partial charge in [0, 0.05) is 16.6 Å². The normalized spacial score (nSPS) is 11.1. The highest BCUT2D eigenvalue weighted by Crippen LogP contribution is 2.24. The molecule has 0 unspecified atom stereocenters. The molecule has 1 amide bonds. The second kappa shape index (κ2) is 7.69. The van der Waals surface area contributed by atoms with Gasteiger partial charge in [-0.1, -0.05) is 28.1 Å². The summed E-state index contributed by atoms with van der Waals surface area (Å²) in [4.78, 5) is 24.1. The van der Waals surface area contributed by atoms with Crippen LogP contribution >= 0.6 is 15.9 Å². The first-order valence-corrected chi connectivity index (χ1v) is 8.31. The van der Waals surface area contributed by atoms with E-state index in [4.69, 9.17) is 4.42 Å². The first kappa shape index (κ1) is 18.1. The highest BCUT2D eigenvalue weighted by atomic mass is 79.9. The first-order chi connectivity index (χ1) is 12.4. The van der Waals surface area contributed by atoms with E-state index in [1.54, 1.807) is 36.4 Å². The zero-order valence-corrected chi connectivity index (χ0v) is 14.8. The second-order valence-corrected chi connectivity index (χ2v) is 6.24. The van der Waals surface area contributed by atoms with Gasteiger partial charge < -0.3 is 14.5 Å². The molecule has 2 aromatic carbocycles. The molecular formula is C17H13BrF2N2O4. The number of carbonyl (C=O) groups is 1. The van der Waals surface area contributed by atoms with E-state index >= 15 is 0 Å². The highest BCUT2D eigenvalue weighted by molar-refractivity contribution is 9.10. The molecule has 0 saturated carbocycles. The van der Waals surface area contributed by atoms with Crippen molar-refractivity contribution < 1.29 is 22.7 Å². The predicted octanol–water partition coefficient (Wildman–Crippen LogP) is 3.27. The Balaban J connectivity index is 1.72. The fourth-order valence-electron chi connectivity index (χ4n) is 2.45. The number of carbonyl (C=O) groups excluding carboxylic acids is 1. The third-order valence-corrected chi connectivity index (χ3v) is 4.08. The van der Waals surface area contributed by atoms with Crippen LogP contribution in [0.4, 0.5) is 8.78 Å². The van der Waals surface area contributed by atoms with E-state index in [9.17, 15) is 18.4 Å². The van der Waals surface area contributed by atoms with Gasteiger partial charge in [0.25, 0.3) is 0 Å². The Kier molecular flexibility index (Phi) is 5.36. The van der Waals surface area contributed by atoms with Gasteiger partial charge in [-0.25, -0.2) is 4.79 Å². The van der Waals surface area contributed by atoms with Crippen LogP contribution in [0.15, 0.2) is 56.1 Å². The molecule has 0 saturated heterocycles. The number of para-hydroxylation sites is 2. The summed E-state index contributed by atoms with van der Waals surface area (Å²) in [6.07, 6.45) is 0. The Morgan fingerprint density at radius 2 is 2.04 bits per heavy atom. The third-order valence-electron chi connectivity index (χ3n) is 3.59. The smallest absolute Gasteiger partial charge is 0.420 e. The van der Waals surface area contributed by atoms with Gasteiger partial charge in [-0.3, -0.25) is 9.36 Å². The van der Waals surface area contributed by atoms with Crippen LogP contribution in [0.5, 0.6) is 5.75 Å². The predicted molar refractivity (Wildman–Crippen MR) is 93.1 cm³/mol. The van der Waals surface area contributed by atoms with Crippen molar-refractivity contribution in [2.75, 3.05) is 0 Å². The van der Waals surface area contributed by atoms with Gasteiger partial charge in [-0.05, 0) is 30.3 Å². The molecule has 26 heavy (non-hydrogen) atoms. The minimum Gasteiger partial charge on any atom is -0.434 e. The fourth-order valence-corrected chi connectivity index (χ4v) is 2.86. The second-order valence-electron chi connectivity index (χ2n) is 5.33. The zero-order valence-electron chi connectivity index (χ0n) is 13.2. The Hall–Kier alpha value is -2.68. The zero-order chi connectivity index (χ0) is 18.7. The number of ether oxygens (including phenoxy) is 1. The maximum Gasteiger partial charge on any atom is 0.420 e. The van der Waals surface area contributed by atoms with E-state index in [1.165, 1.54) is 10.6 Å². The van der Waals surface area contributed by atoms with E-state index in [1.807, 2.05) is 0 Å². The molecule has 1 aromatic heterocycles. The van der Waals surface area contributed by atoms with E-state index < -0.39 is 18.3 Å². The maximum absolute atomic E-state index is 12.5. The molecule has 136 valence electrons. The van der Waals surface area contributed by atoms with Gasteiger partial charge in [0.05, 0.1) is 5.52 Å². The lowest BCUT2D eigenvalue weighted by atomic mass is 10.2. The average molecular weight is 427 g/mol. The van der Waals surface area contributed by atoms with Crippen LogP contribution in [-0.4, -0.2) is 17.1 Å². The monoisotopic (exact) mass is 426 g/mol. The minimum absolute atomic E-state index is 0.0329. The third kappa shape index (κ3) is 4.10. The van der Waals surface area contributed by atoms with Crippen LogP contribution in [0.3, 0.4) is 0 Å². The standard InChI is InChI=1S/C17H13BrF2N2O4/c18-11-5-6-13(25-16(19)20)10(7-11)8-21-15(23)9-22-12-3-1-2-4-14(12)26-17(22)24/h1-7,16H,8-9H2,(H,21,23). The Morgan fingerprint density at radius 1 is 1.27 bits per heavy atom. The van der Waals surface area contributed by atoms with Crippen molar-refractivity contribution in [3.63, 3.8) is 0 Å². The largest absolute Gasteiger partial charge is 0.434 e. The van der Waals surface area contributed by atoms with Gasteiger partial charge in [0.15, 0.2) is 5.58 Å². The molecule has 0 fully saturated rings. The van der Waals surface area contributed by atoms with Crippen molar-refractivity contribution >= 4 is 32.9 Å². The molecule has 0 aliphatic rings. The Morgan fingerprint density at radius 3 is 2.81 bits per heavy atom. The molecule has 0 radical (unpaired) electrons. The van der Waals surface area contributed by atoms with E-state index in [0.29, 0.717) is 21.1 Å². The molecule has 0 bridgehead atoms. The lowest BCUT2D eigenvalue weighted by Crippen LogP contribution is -2.30. The Bertz CT molecular complexity index is 1000. The number of halogens is 3. The average Bonchev–Trinajstić information content (AvgIpc) is 2.90. The van der Waals surface area contributed by atoms with Crippen molar-refractivity contribution in [3.8, 4) is 5.75 Å². The molecule has 9 heteroatoms. The van der Waals surface area contributed by atoms with Crippen LogP contribution in [0.2, 0.25) is 0 Å². The molecule has 6 nitrogen and oxygen atoms in total. The number of benzene rings is 2. The van der Waals surface area contributed by atoms with E-state index in [-0.39, 0.29) is 18.8 Å². The van der Waals surface area contributed by atoms with Gasteiger partial charge in [0.1, 0.15) is 12.3 Å². The SMILES string of the molecule is O=C(Cn1c(=O)oc2ccccc21)NCc1cc(Br)ccc1OC(F)F. The number of alkyl halides is 2. The number of fused-ring (bicyclic) bond motifs is 1.